The van der Waals surface area contributed by atoms with Gasteiger partial charge in [0.25, 0.3) is 0 Å². The first kappa shape index (κ1) is 13.9. The monoisotopic (exact) mass is 262 g/mol. The predicted molar refractivity (Wildman–Crippen MR) is 75.7 cm³/mol. The third-order valence-electron chi connectivity index (χ3n) is 3.97. The molecule has 0 bridgehead atoms. The lowest BCUT2D eigenvalue weighted by Crippen LogP contribution is -2.63. The Morgan fingerprint density at radius 2 is 2.00 bits per heavy atom. The fourth-order valence-electron chi connectivity index (χ4n) is 2.40. The molecule has 104 valence electrons. The van der Waals surface area contributed by atoms with Crippen molar-refractivity contribution in [2.75, 3.05) is 18.8 Å². The molecule has 0 aromatic heterocycles. The van der Waals surface area contributed by atoms with Gasteiger partial charge in [-0.15, -0.1) is 0 Å². The van der Waals surface area contributed by atoms with Crippen molar-refractivity contribution in [1.82, 2.24) is 4.90 Å². The van der Waals surface area contributed by atoms with Crippen LogP contribution in [0.15, 0.2) is 24.3 Å². The number of carbonyl (C=O) groups excluding carboxylic acids is 1. The van der Waals surface area contributed by atoms with Crippen LogP contribution in [0.5, 0.6) is 0 Å². The minimum atomic E-state index is -0.653. The van der Waals surface area contributed by atoms with Crippen molar-refractivity contribution in [3.63, 3.8) is 0 Å². The number of rotatable bonds is 4. The molecular formula is C15H22N2O2. The molecule has 2 rings (SSSR count). The molecule has 4 nitrogen and oxygen atoms in total. The maximum atomic E-state index is 12.1. The van der Waals surface area contributed by atoms with Gasteiger partial charge in [-0.25, -0.2) is 0 Å². The van der Waals surface area contributed by atoms with E-state index in [-0.39, 0.29) is 11.8 Å². The smallest absolute Gasteiger partial charge is 0.223 e. The number of nitrogens with two attached hydrogens (primary N) is 1. The molecule has 4 heteroatoms. The highest BCUT2D eigenvalue weighted by Gasteiger charge is 2.41. The number of anilines is 1. The van der Waals surface area contributed by atoms with Crippen molar-refractivity contribution in [1.29, 1.82) is 0 Å². The number of hydrogen-bond acceptors (Lipinski definition) is 3. The van der Waals surface area contributed by atoms with Gasteiger partial charge < -0.3 is 15.7 Å². The second kappa shape index (κ2) is 5.21. The molecule has 0 saturated carbocycles. The number of nitrogens with zero attached hydrogens (tertiary/aromatic N) is 1. The minimum Gasteiger partial charge on any atom is -0.399 e. The van der Waals surface area contributed by atoms with Crippen LogP contribution in [0.25, 0.3) is 0 Å². The Bertz CT molecular complexity index is 450. The molecule has 0 aliphatic carbocycles. The number of carbonyl (C=O) groups is 1. The third kappa shape index (κ3) is 3.07. The van der Waals surface area contributed by atoms with Crippen molar-refractivity contribution >= 4 is 11.6 Å². The SMILES string of the molecule is CCC1(O)CN(C(=O)CC(C)c2ccc(N)cc2)C1. The van der Waals surface area contributed by atoms with Gasteiger partial charge in [-0.3, -0.25) is 4.79 Å². The summed E-state index contributed by atoms with van der Waals surface area (Å²) < 4.78 is 0. The lowest BCUT2D eigenvalue weighted by molar-refractivity contribution is -0.156. The standard InChI is InChI=1S/C15H22N2O2/c1-3-15(19)9-17(10-15)14(18)8-11(2)12-4-6-13(16)7-5-12/h4-7,11,19H,3,8-10,16H2,1-2H3. The number of hydrogen-bond donors (Lipinski definition) is 2. The predicted octanol–water partition coefficient (Wildman–Crippen LogP) is 1.75. The lowest BCUT2D eigenvalue weighted by Gasteiger charge is -2.46. The zero-order chi connectivity index (χ0) is 14.0. The van der Waals surface area contributed by atoms with Crippen LogP contribution in [-0.2, 0) is 4.79 Å². The molecule has 1 aliphatic rings. The number of benzene rings is 1. The van der Waals surface area contributed by atoms with Gasteiger partial charge in [0.2, 0.25) is 5.91 Å². The van der Waals surface area contributed by atoms with Gasteiger partial charge in [-0.05, 0) is 30.0 Å². The Balaban J connectivity index is 1.88. The molecule has 1 amide bonds. The second-order valence-corrected chi connectivity index (χ2v) is 5.60. The molecule has 1 saturated heterocycles. The van der Waals surface area contributed by atoms with Crippen LogP contribution in [0.3, 0.4) is 0 Å². The van der Waals surface area contributed by atoms with Gasteiger partial charge in [0.1, 0.15) is 0 Å². The van der Waals surface area contributed by atoms with E-state index >= 15 is 0 Å². The van der Waals surface area contributed by atoms with E-state index in [9.17, 15) is 9.90 Å². The highest BCUT2D eigenvalue weighted by atomic mass is 16.3. The highest BCUT2D eigenvalue weighted by Crippen LogP contribution is 2.27. The zero-order valence-corrected chi connectivity index (χ0v) is 11.6. The lowest BCUT2D eigenvalue weighted by atomic mass is 9.89. The molecule has 1 unspecified atom stereocenters. The van der Waals surface area contributed by atoms with Crippen LogP contribution in [0.1, 0.15) is 38.2 Å². The van der Waals surface area contributed by atoms with E-state index in [4.69, 9.17) is 5.73 Å². The first-order chi connectivity index (χ1) is 8.93. The molecule has 1 aromatic carbocycles. The molecular weight excluding hydrogens is 240 g/mol. The minimum absolute atomic E-state index is 0.113. The first-order valence-corrected chi connectivity index (χ1v) is 6.79. The van der Waals surface area contributed by atoms with Gasteiger partial charge >= 0.3 is 0 Å². The van der Waals surface area contributed by atoms with Crippen molar-refractivity contribution < 1.29 is 9.90 Å². The highest BCUT2D eigenvalue weighted by molar-refractivity contribution is 5.78. The summed E-state index contributed by atoms with van der Waals surface area (Å²) in [6.45, 7) is 4.92. The number of β-amino-alcohol motifs (C(OH)–C–C–N with tert-alkyl or cyclic N) is 1. The Kier molecular flexibility index (Phi) is 3.80. The van der Waals surface area contributed by atoms with Crippen LogP contribution in [-0.4, -0.2) is 34.6 Å². The van der Waals surface area contributed by atoms with Crippen LogP contribution in [0, 0.1) is 0 Å². The number of likely N-dealkylation sites (tertiary alicyclic amines) is 1. The largest absolute Gasteiger partial charge is 0.399 e. The van der Waals surface area contributed by atoms with Crippen LogP contribution >= 0.6 is 0 Å². The summed E-state index contributed by atoms with van der Waals surface area (Å²) in [7, 11) is 0. The van der Waals surface area contributed by atoms with Crippen molar-refractivity contribution in [2.24, 2.45) is 0 Å². The maximum absolute atomic E-state index is 12.1. The van der Waals surface area contributed by atoms with Gasteiger partial charge in [-0.2, -0.15) is 0 Å². The van der Waals surface area contributed by atoms with E-state index in [1.807, 2.05) is 38.1 Å². The molecule has 1 aliphatic heterocycles. The van der Waals surface area contributed by atoms with Gasteiger partial charge in [0.15, 0.2) is 0 Å². The van der Waals surface area contributed by atoms with E-state index in [0.717, 1.165) is 11.3 Å². The van der Waals surface area contributed by atoms with Gasteiger partial charge in [0.05, 0.1) is 18.7 Å². The van der Waals surface area contributed by atoms with E-state index < -0.39 is 5.60 Å². The topological polar surface area (TPSA) is 66.6 Å². The molecule has 1 fully saturated rings. The average molecular weight is 262 g/mol. The summed E-state index contributed by atoms with van der Waals surface area (Å²) in [6, 6.07) is 7.64. The average Bonchev–Trinajstić information content (AvgIpc) is 2.35. The molecule has 1 atom stereocenters. The second-order valence-electron chi connectivity index (χ2n) is 5.60. The van der Waals surface area contributed by atoms with Crippen molar-refractivity contribution in [2.45, 2.75) is 38.2 Å². The Morgan fingerprint density at radius 1 is 1.42 bits per heavy atom. The van der Waals surface area contributed by atoms with Crippen LogP contribution in [0.4, 0.5) is 5.69 Å². The molecule has 0 radical (unpaired) electrons. The van der Waals surface area contributed by atoms with E-state index in [1.165, 1.54) is 0 Å². The third-order valence-corrected chi connectivity index (χ3v) is 3.97. The van der Waals surface area contributed by atoms with Crippen LogP contribution in [0.2, 0.25) is 0 Å². The van der Waals surface area contributed by atoms with E-state index in [0.29, 0.717) is 25.9 Å². The molecule has 3 N–H and O–H groups in total. The Morgan fingerprint density at radius 3 is 2.53 bits per heavy atom. The van der Waals surface area contributed by atoms with Gasteiger partial charge in [-0.1, -0.05) is 26.0 Å². The summed E-state index contributed by atoms with van der Waals surface area (Å²) in [6.07, 6.45) is 1.17. The normalized spacial score (nSPS) is 18.8. The quantitative estimate of drug-likeness (QED) is 0.812. The summed E-state index contributed by atoms with van der Waals surface area (Å²) in [4.78, 5) is 13.8. The van der Waals surface area contributed by atoms with Crippen LogP contribution < -0.4 is 5.73 Å². The fraction of sp³-hybridized carbons (Fsp3) is 0.533. The molecule has 1 aromatic rings. The fourth-order valence-corrected chi connectivity index (χ4v) is 2.40. The van der Waals surface area contributed by atoms with E-state index in [1.54, 1.807) is 4.90 Å². The Labute approximate surface area is 114 Å². The molecule has 1 heterocycles. The van der Waals surface area contributed by atoms with Crippen molar-refractivity contribution in [3.05, 3.63) is 29.8 Å². The summed E-state index contributed by atoms with van der Waals surface area (Å²) in [5, 5.41) is 9.91. The number of aliphatic hydroxyl groups is 1. The van der Waals surface area contributed by atoms with Gasteiger partial charge in [0, 0.05) is 12.1 Å². The molecule has 0 spiro atoms. The number of amides is 1. The maximum Gasteiger partial charge on any atom is 0.223 e. The Hall–Kier alpha value is -1.55. The van der Waals surface area contributed by atoms with Crippen molar-refractivity contribution in [3.8, 4) is 0 Å². The number of nitrogen functional groups attached to an aromatic ring is 1. The first-order valence-electron chi connectivity index (χ1n) is 6.79. The molecule has 19 heavy (non-hydrogen) atoms. The zero-order valence-electron chi connectivity index (χ0n) is 11.6. The van der Waals surface area contributed by atoms with E-state index in [2.05, 4.69) is 0 Å². The summed E-state index contributed by atoms with van der Waals surface area (Å²) >= 11 is 0. The summed E-state index contributed by atoms with van der Waals surface area (Å²) in [5.41, 5.74) is 6.85. The summed E-state index contributed by atoms with van der Waals surface area (Å²) in [5.74, 6) is 0.283.